The zero-order valence-corrected chi connectivity index (χ0v) is 8.92. The number of hydrogen-bond acceptors (Lipinski definition) is 2. The highest BCUT2D eigenvalue weighted by molar-refractivity contribution is 5.14. The van der Waals surface area contributed by atoms with Crippen LogP contribution in [0.1, 0.15) is 31.9 Å². The number of nitrogens with zero attached hydrogens (tertiary/aromatic N) is 1. The third kappa shape index (κ3) is 3.07. The largest absolute Gasteiger partial charge is 0.313 e. The molecule has 0 radical (unpaired) electrons. The Morgan fingerprint density at radius 3 is 2.64 bits per heavy atom. The number of aromatic nitrogens is 1. The Hall–Kier alpha value is -0.960. The first-order chi connectivity index (χ1) is 6.63. The van der Waals surface area contributed by atoms with Gasteiger partial charge in [0.2, 0.25) is 0 Å². The van der Waals surface area contributed by atoms with Gasteiger partial charge >= 0.3 is 0 Å². The molecule has 1 aromatic rings. The van der Waals surface area contributed by atoms with Gasteiger partial charge in [0.15, 0.2) is 0 Å². The molecule has 2 nitrogen and oxygen atoms in total. The lowest BCUT2D eigenvalue weighted by Gasteiger charge is -2.18. The summed E-state index contributed by atoms with van der Waals surface area (Å²) in [6.45, 7) is 4.30. The first-order valence-corrected chi connectivity index (χ1v) is 4.91. The molecule has 14 heavy (non-hydrogen) atoms. The normalized spacial score (nSPS) is 13.2. The predicted molar refractivity (Wildman–Crippen MR) is 55.5 cm³/mol. The summed E-state index contributed by atoms with van der Waals surface area (Å²) in [6.07, 6.45) is 3.93. The third-order valence-corrected chi connectivity index (χ3v) is 2.18. The fourth-order valence-corrected chi connectivity index (χ4v) is 1.51. The number of nitrogens with one attached hydrogen (secondary N) is 1. The van der Waals surface area contributed by atoms with Crippen LogP contribution < -0.4 is 5.32 Å². The quantitative estimate of drug-likeness (QED) is 0.800. The van der Waals surface area contributed by atoms with E-state index in [1.54, 1.807) is 6.20 Å². The molecule has 0 fully saturated rings. The molecule has 0 aliphatic heterocycles. The number of rotatable bonds is 4. The van der Waals surface area contributed by atoms with Crippen molar-refractivity contribution in [3.8, 4) is 0 Å². The molecule has 3 heteroatoms. The zero-order chi connectivity index (χ0) is 10.6. The van der Waals surface area contributed by atoms with E-state index in [-0.39, 0.29) is 11.9 Å². The summed E-state index contributed by atoms with van der Waals surface area (Å²) in [7, 11) is 1.89. The molecule has 1 aromatic heterocycles. The molecule has 1 atom stereocenters. The highest BCUT2D eigenvalue weighted by Crippen LogP contribution is 2.20. The summed E-state index contributed by atoms with van der Waals surface area (Å²) in [5, 5.41) is 3.17. The Labute approximate surface area is 84.6 Å². The SMILES string of the molecule is CNC(CC(C)C)c1cncc(F)c1. The second kappa shape index (κ2) is 5.05. The summed E-state index contributed by atoms with van der Waals surface area (Å²) < 4.78 is 12.9. The van der Waals surface area contributed by atoms with E-state index >= 15 is 0 Å². The second-order valence-corrected chi connectivity index (χ2v) is 3.91. The van der Waals surface area contributed by atoms with Crippen LogP contribution in [0.3, 0.4) is 0 Å². The molecule has 0 aliphatic carbocycles. The maximum Gasteiger partial charge on any atom is 0.141 e. The average molecular weight is 196 g/mol. The molecule has 0 bridgehead atoms. The van der Waals surface area contributed by atoms with Gasteiger partial charge in [-0.15, -0.1) is 0 Å². The number of hydrogen-bond donors (Lipinski definition) is 1. The van der Waals surface area contributed by atoms with Gasteiger partial charge in [0.25, 0.3) is 0 Å². The van der Waals surface area contributed by atoms with Crippen LogP contribution in [0.15, 0.2) is 18.5 Å². The van der Waals surface area contributed by atoms with Gasteiger partial charge in [-0.05, 0) is 31.0 Å². The van der Waals surface area contributed by atoms with E-state index in [1.807, 2.05) is 7.05 Å². The Bertz CT molecular complexity index is 286. The van der Waals surface area contributed by atoms with Crippen LogP contribution in [-0.2, 0) is 0 Å². The smallest absolute Gasteiger partial charge is 0.141 e. The van der Waals surface area contributed by atoms with Crippen LogP contribution in [-0.4, -0.2) is 12.0 Å². The van der Waals surface area contributed by atoms with Crippen molar-refractivity contribution in [3.05, 3.63) is 29.8 Å². The average Bonchev–Trinajstić information content (AvgIpc) is 2.14. The van der Waals surface area contributed by atoms with Crippen LogP contribution in [0.2, 0.25) is 0 Å². The molecule has 1 N–H and O–H groups in total. The van der Waals surface area contributed by atoms with Crippen molar-refractivity contribution in [2.75, 3.05) is 7.05 Å². The number of halogens is 1. The molecular weight excluding hydrogens is 179 g/mol. The van der Waals surface area contributed by atoms with Gasteiger partial charge in [-0.25, -0.2) is 4.39 Å². The first kappa shape index (κ1) is 11.1. The molecule has 0 saturated heterocycles. The van der Waals surface area contributed by atoms with E-state index in [4.69, 9.17) is 0 Å². The fourth-order valence-electron chi connectivity index (χ4n) is 1.51. The lowest BCUT2D eigenvalue weighted by molar-refractivity contribution is 0.453. The summed E-state index contributed by atoms with van der Waals surface area (Å²) >= 11 is 0. The fraction of sp³-hybridized carbons (Fsp3) is 0.545. The lowest BCUT2D eigenvalue weighted by Crippen LogP contribution is -2.18. The van der Waals surface area contributed by atoms with Crippen LogP contribution in [0, 0.1) is 11.7 Å². The van der Waals surface area contributed by atoms with E-state index in [2.05, 4.69) is 24.1 Å². The topological polar surface area (TPSA) is 24.9 Å². The van der Waals surface area contributed by atoms with Crippen molar-refractivity contribution in [1.82, 2.24) is 10.3 Å². The van der Waals surface area contributed by atoms with Gasteiger partial charge in [-0.2, -0.15) is 0 Å². The Balaban J connectivity index is 2.78. The monoisotopic (exact) mass is 196 g/mol. The maximum absolute atomic E-state index is 12.9. The van der Waals surface area contributed by atoms with E-state index in [0.29, 0.717) is 5.92 Å². The van der Waals surface area contributed by atoms with Crippen LogP contribution in [0.4, 0.5) is 4.39 Å². The molecule has 78 valence electrons. The summed E-state index contributed by atoms with van der Waals surface area (Å²) in [5.41, 5.74) is 0.918. The molecule has 0 spiro atoms. The standard InChI is InChI=1S/C11H17FN2/c1-8(2)4-11(13-3)9-5-10(12)7-14-6-9/h5-8,11,13H,4H2,1-3H3. The van der Waals surface area contributed by atoms with Crippen molar-refractivity contribution < 1.29 is 4.39 Å². The highest BCUT2D eigenvalue weighted by atomic mass is 19.1. The Morgan fingerprint density at radius 1 is 1.43 bits per heavy atom. The summed E-state index contributed by atoms with van der Waals surface area (Å²) in [5.74, 6) is 0.308. The maximum atomic E-state index is 12.9. The van der Waals surface area contributed by atoms with E-state index in [9.17, 15) is 4.39 Å². The predicted octanol–water partition coefficient (Wildman–Crippen LogP) is 2.53. The van der Waals surface area contributed by atoms with Crippen molar-refractivity contribution in [2.24, 2.45) is 5.92 Å². The van der Waals surface area contributed by atoms with Gasteiger partial charge in [0.05, 0.1) is 6.20 Å². The van der Waals surface area contributed by atoms with Gasteiger partial charge in [-0.3, -0.25) is 4.98 Å². The van der Waals surface area contributed by atoms with E-state index < -0.39 is 0 Å². The van der Waals surface area contributed by atoms with Crippen molar-refractivity contribution in [1.29, 1.82) is 0 Å². The van der Waals surface area contributed by atoms with Gasteiger partial charge in [0.1, 0.15) is 5.82 Å². The van der Waals surface area contributed by atoms with Crippen LogP contribution >= 0.6 is 0 Å². The molecule has 1 unspecified atom stereocenters. The highest BCUT2D eigenvalue weighted by Gasteiger charge is 2.11. The number of pyridine rings is 1. The third-order valence-electron chi connectivity index (χ3n) is 2.18. The van der Waals surface area contributed by atoms with Crippen LogP contribution in [0.25, 0.3) is 0 Å². The zero-order valence-electron chi connectivity index (χ0n) is 8.92. The molecule has 1 rings (SSSR count). The molecule has 0 saturated carbocycles. The minimum atomic E-state index is -0.272. The summed E-state index contributed by atoms with van der Waals surface area (Å²) in [6, 6.07) is 1.73. The van der Waals surface area contributed by atoms with Gasteiger partial charge in [-0.1, -0.05) is 13.8 Å². The van der Waals surface area contributed by atoms with Gasteiger partial charge in [0, 0.05) is 12.2 Å². The second-order valence-electron chi connectivity index (χ2n) is 3.91. The summed E-state index contributed by atoms with van der Waals surface area (Å²) in [4.78, 5) is 3.85. The van der Waals surface area contributed by atoms with Crippen molar-refractivity contribution in [2.45, 2.75) is 26.3 Å². The molecular formula is C11H17FN2. The molecule has 1 heterocycles. The molecule has 0 aliphatic rings. The minimum absolute atomic E-state index is 0.193. The first-order valence-electron chi connectivity index (χ1n) is 4.91. The Morgan fingerprint density at radius 2 is 2.14 bits per heavy atom. The lowest BCUT2D eigenvalue weighted by atomic mass is 9.98. The Kier molecular flexibility index (Phi) is 4.01. The van der Waals surface area contributed by atoms with Crippen molar-refractivity contribution >= 4 is 0 Å². The minimum Gasteiger partial charge on any atom is -0.313 e. The van der Waals surface area contributed by atoms with Crippen LogP contribution in [0.5, 0.6) is 0 Å². The molecule has 0 amide bonds. The van der Waals surface area contributed by atoms with E-state index in [0.717, 1.165) is 12.0 Å². The molecule has 0 aromatic carbocycles. The van der Waals surface area contributed by atoms with Gasteiger partial charge < -0.3 is 5.32 Å². The van der Waals surface area contributed by atoms with E-state index in [1.165, 1.54) is 12.3 Å². The van der Waals surface area contributed by atoms with Crippen molar-refractivity contribution in [3.63, 3.8) is 0 Å².